The maximum atomic E-state index is 3.79. The molecule has 0 aliphatic carbocycles. The first kappa shape index (κ1) is 20.0. The van der Waals surface area contributed by atoms with Crippen LogP contribution in [-0.2, 0) is 0 Å². The van der Waals surface area contributed by atoms with E-state index in [0.717, 1.165) is 0 Å². The van der Waals surface area contributed by atoms with Gasteiger partial charge in [-0.25, -0.2) is 0 Å². The van der Waals surface area contributed by atoms with Crippen molar-refractivity contribution in [2.45, 2.75) is 93.6 Å². The first-order valence-corrected chi connectivity index (χ1v) is 11.1. The number of hydrogen-bond donors (Lipinski definition) is 0. The molecule has 21 heavy (non-hydrogen) atoms. The van der Waals surface area contributed by atoms with Crippen molar-refractivity contribution >= 4 is 31.9 Å². The van der Waals surface area contributed by atoms with Gasteiger partial charge >= 0.3 is 0 Å². The molecule has 0 aromatic carbocycles. The minimum absolute atomic E-state index is 0.662. The monoisotopic (exact) mass is 423 g/mol. The van der Waals surface area contributed by atoms with Crippen molar-refractivity contribution in [2.75, 3.05) is 19.6 Å². The molecule has 0 radical (unpaired) electrons. The van der Waals surface area contributed by atoms with Crippen molar-refractivity contribution in [3.8, 4) is 0 Å². The van der Waals surface area contributed by atoms with E-state index in [9.17, 15) is 0 Å². The Kier molecular flexibility index (Phi) is 12.7. The van der Waals surface area contributed by atoms with Crippen LogP contribution in [0.2, 0.25) is 0 Å². The summed E-state index contributed by atoms with van der Waals surface area (Å²) in [6.07, 6.45) is 16.9. The Morgan fingerprint density at radius 3 is 1.62 bits per heavy atom. The van der Waals surface area contributed by atoms with Gasteiger partial charge in [0.2, 0.25) is 0 Å². The summed E-state index contributed by atoms with van der Waals surface area (Å²) in [5.74, 6) is 0. The SMILES string of the molecule is CCCCCCCCCCCCN1CCC(Br)C(Br)CC1. The summed E-state index contributed by atoms with van der Waals surface area (Å²) in [7, 11) is 0. The fraction of sp³-hybridized carbons (Fsp3) is 1.00. The Bertz CT molecular complexity index is 223. The Labute approximate surface area is 149 Å². The quantitative estimate of drug-likeness (QED) is 0.269. The average molecular weight is 425 g/mol. The molecular weight excluding hydrogens is 390 g/mol. The minimum Gasteiger partial charge on any atom is -0.303 e. The van der Waals surface area contributed by atoms with Crippen LogP contribution in [0.4, 0.5) is 0 Å². The molecule has 0 saturated carbocycles. The van der Waals surface area contributed by atoms with Crippen molar-refractivity contribution in [1.29, 1.82) is 0 Å². The van der Waals surface area contributed by atoms with E-state index in [0.29, 0.717) is 9.65 Å². The van der Waals surface area contributed by atoms with Gasteiger partial charge in [-0.05, 0) is 38.9 Å². The summed E-state index contributed by atoms with van der Waals surface area (Å²) in [6.45, 7) is 6.15. The molecule has 1 nitrogen and oxygen atoms in total. The zero-order valence-electron chi connectivity index (χ0n) is 14.0. The highest BCUT2D eigenvalue weighted by Gasteiger charge is 2.21. The van der Waals surface area contributed by atoms with E-state index < -0.39 is 0 Å². The smallest absolute Gasteiger partial charge is 0.0283 e. The van der Waals surface area contributed by atoms with E-state index in [2.05, 4.69) is 43.7 Å². The van der Waals surface area contributed by atoms with Gasteiger partial charge in [-0.3, -0.25) is 0 Å². The summed E-state index contributed by atoms with van der Waals surface area (Å²) in [4.78, 5) is 3.99. The molecule has 2 atom stereocenters. The van der Waals surface area contributed by atoms with Crippen LogP contribution in [0.3, 0.4) is 0 Å². The van der Waals surface area contributed by atoms with Gasteiger partial charge in [0, 0.05) is 9.65 Å². The van der Waals surface area contributed by atoms with E-state index in [4.69, 9.17) is 0 Å². The van der Waals surface area contributed by atoms with E-state index in [-0.39, 0.29) is 0 Å². The predicted molar refractivity (Wildman–Crippen MR) is 103 cm³/mol. The van der Waals surface area contributed by atoms with Crippen LogP contribution in [0.1, 0.15) is 84.0 Å². The highest BCUT2D eigenvalue weighted by molar-refractivity contribution is 9.12. The van der Waals surface area contributed by atoms with Gasteiger partial charge in [0.1, 0.15) is 0 Å². The molecule has 0 amide bonds. The summed E-state index contributed by atoms with van der Waals surface area (Å²) in [5, 5.41) is 0. The maximum Gasteiger partial charge on any atom is 0.0283 e. The van der Waals surface area contributed by atoms with Crippen molar-refractivity contribution in [1.82, 2.24) is 4.90 Å². The third kappa shape index (κ3) is 10.3. The van der Waals surface area contributed by atoms with Gasteiger partial charge in [-0.15, -0.1) is 0 Å². The molecule has 0 N–H and O–H groups in total. The van der Waals surface area contributed by atoms with Crippen LogP contribution < -0.4 is 0 Å². The molecule has 3 heteroatoms. The molecule has 1 fully saturated rings. The van der Waals surface area contributed by atoms with Crippen LogP contribution in [0.15, 0.2) is 0 Å². The lowest BCUT2D eigenvalue weighted by Crippen LogP contribution is -2.26. The van der Waals surface area contributed by atoms with Gasteiger partial charge < -0.3 is 4.90 Å². The number of likely N-dealkylation sites (tertiary alicyclic amines) is 1. The topological polar surface area (TPSA) is 3.24 Å². The summed E-state index contributed by atoms with van der Waals surface area (Å²) < 4.78 is 0. The van der Waals surface area contributed by atoms with Crippen LogP contribution >= 0.6 is 31.9 Å². The second-order valence-electron chi connectivity index (χ2n) is 6.63. The zero-order chi connectivity index (χ0) is 15.3. The number of unbranched alkanes of at least 4 members (excludes halogenated alkanes) is 9. The number of hydrogen-bond acceptors (Lipinski definition) is 1. The molecular formula is C18H35Br2N. The Hall–Kier alpha value is 0.920. The Balaban J connectivity index is 1.88. The van der Waals surface area contributed by atoms with Crippen LogP contribution in [-0.4, -0.2) is 34.2 Å². The normalized spacial score (nSPS) is 24.1. The largest absolute Gasteiger partial charge is 0.303 e. The lowest BCUT2D eigenvalue weighted by molar-refractivity contribution is 0.278. The second kappa shape index (κ2) is 13.4. The number of alkyl halides is 2. The first-order valence-electron chi connectivity index (χ1n) is 9.24. The van der Waals surface area contributed by atoms with Crippen LogP contribution in [0.25, 0.3) is 0 Å². The summed E-state index contributed by atoms with van der Waals surface area (Å²) in [6, 6.07) is 0. The van der Waals surface area contributed by atoms with Crippen molar-refractivity contribution in [2.24, 2.45) is 0 Å². The van der Waals surface area contributed by atoms with Gasteiger partial charge in [-0.1, -0.05) is 96.6 Å². The third-order valence-corrected chi connectivity index (χ3v) is 7.56. The molecule has 126 valence electrons. The maximum absolute atomic E-state index is 3.79. The third-order valence-electron chi connectivity index (χ3n) is 4.66. The Morgan fingerprint density at radius 2 is 1.14 bits per heavy atom. The fourth-order valence-corrected chi connectivity index (χ4v) is 4.07. The summed E-state index contributed by atoms with van der Waals surface area (Å²) >= 11 is 7.58. The molecule has 1 saturated heterocycles. The molecule has 1 heterocycles. The highest BCUT2D eigenvalue weighted by Crippen LogP contribution is 2.24. The van der Waals surface area contributed by atoms with Crippen molar-refractivity contribution in [3.63, 3.8) is 0 Å². The number of nitrogens with zero attached hydrogens (tertiary/aromatic N) is 1. The van der Waals surface area contributed by atoms with Crippen LogP contribution in [0, 0.1) is 0 Å². The zero-order valence-corrected chi connectivity index (χ0v) is 17.1. The summed E-state index contributed by atoms with van der Waals surface area (Å²) in [5.41, 5.74) is 0. The van der Waals surface area contributed by atoms with E-state index in [1.54, 1.807) is 0 Å². The predicted octanol–water partition coefficient (Wildman–Crippen LogP) is 6.53. The van der Waals surface area contributed by atoms with E-state index in [1.165, 1.54) is 96.7 Å². The standard InChI is InChI=1S/C18H35Br2N/c1-2-3-4-5-6-7-8-9-10-11-14-21-15-12-17(19)18(20)13-16-21/h17-18H,2-16H2,1H3. The highest BCUT2D eigenvalue weighted by atomic mass is 79.9. The van der Waals surface area contributed by atoms with Crippen molar-refractivity contribution in [3.05, 3.63) is 0 Å². The van der Waals surface area contributed by atoms with Gasteiger partial charge in [0.05, 0.1) is 0 Å². The first-order chi connectivity index (χ1) is 10.2. The van der Waals surface area contributed by atoms with Crippen LogP contribution in [0.5, 0.6) is 0 Å². The molecule has 0 aromatic heterocycles. The second-order valence-corrected chi connectivity index (χ2v) is 8.99. The number of halogens is 2. The number of rotatable bonds is 11. The molecule has 1 aliphatic heterocycles. The molecule has 0 bridgehead atoms. The minimum atomic E-state index is 0.662. The van der Waals surface area contributed by atoms with E-state index >= 15 is 0 Å². The van der Waals surface area contributed by atoms with E-state index in [1.807, 2.05) is 0 Å². The molecule has 0 aromatic rings. The molecule has 1 rings (SSSR count). The van der Waals surface area contributed by atoms with Crippen molar-refractivity contribution < 1.29 is 0 Å². The molecule has 1 aliphatic rings. The lowest BCUT2D eigenvalue weighted by atomic mass is 10.1. The fourth-order valence-electron chi connectivity index (χ4n) is 3.13. The Morgan fingerprint density at radius 1 is 0.714 bits per heavy atom. The van der Waals surface area contributed by atoms with Gasteiger partial charge in [0.15, 0.2) is 0 Å². The molecule has 2 unspecified atom stereocenters. The average Bonchev–Trinajstić information content (AvgIpc) is 2.64. The molecule has 0 spiro atoms. The van der Waals surface area contributed by atoms with Gasteiger partial charge in [-0.2, -0.15) is 0 Å². The van der Waals surface area contributed by atoms with Gasteiger partial charge in [0.25, 0.3) is 0 Å². The lowest BCUT2D eigenvalue weighted by Gasteiger charge is -2.19.